The van der Waals surface area contributed by atoms with E-state index in [9.17, 15) is 13.0 Å². The molecule has 8 heteroatoms. The molecule has 0 aromatic carbocycles. The number of rotatable bonds is 3. The highest BCUT2D eigenvalue weighted by molar-refractivity contribution is 7.80. The Morgan fingerprint density at radius 2 is 1.71 bits per heavy atom. The minimum Gasteiger partial charge on any atom is -0.726 e. The van der Waals surface area contributed by atoms with Crippen molar-refractivity contribution in [2.24, 2.45) is 11.5 Å². The molecule has 0 saturated carbocycles. The Balaban J connectivity index is 0. The van der Waals surface area contributed by atoms with Crippen LogP contribution in [0, 0.1) is 0 Å². The highest BCUT2D eigenvalue weighted by Crippen LogP contribution is 1.93. The van der Waals surface area contributed by atoms with Gasteiger partial charge in [0, 0.05) is 0 Å². The van der Waals surface area contributed by atoms with Gasteiger partial charge in [-0.15, -0.1) is 0 Å². The van der Waals surface area contributed by atoms with E-state index in [4.69, 9.17) is 11.5 Å². The summed E-state index contributed by atoms with van der Waals surface area (Å²) in [5, 5.41) is 0. The van der Waals surface area contributed by atoms with Gasteiger partial charge in [0.05, 0.1) is 27.7 Å². The van der Waals surface area contributed by atoms with Crippen LogP contribution in [0.15, 0.2) is 0 Å². The first-order chi connectivity index (χ1) is 6.06. The lowest BCUT2D eigenvalue weighted by Gasteiger charge is -2.31. The van der Waals surface area contributed by atoms with Crippen molar-refractivity contribution in [3.8, 4) is 0 Å². The molecule has 88 valence electrons. The zero-order chi connectivity index (χ0) is 12.0. The highest BCUT2D eigenvalue weighted by Gasteiger charge is 2.16. The first-order valence-electron chi connectivity index (χ1n) is 3.92. The summed E-state index contributed by atoms with van der Waals surface area (Å²) in [7, 11) is 0.405. The van der Waals surface area contributed by atoms with Gasteiger partial charge in [0.2, 0.25) is 10.4 Å². The number of hydrogen-bond donors (Lipinski definition) is 2. The lowest BCUT2D eigenvalue weighted by Crippen LogP contribution is -2.58. The Labute approximate surface area is 85.2 Å². The standard InChI is InChI=1S/C5H16N3.CH4O4S/c1-4-8(2,3)5(6)7;1-5-6(2,3)4/h5H,4,6-7H2,1-3H3;1H3,(H,2,3,4)/q+1;/p-1. The normalized spacial score (nSPS) is 12.3. The number of nitrogens with zero attached hydrogens (tertiary/aromatic N) is 1. The molecule has 0 rings (SSSR count). The van der Waals surface area contributed by atoms with Crippen molar-refractivity contribution in [3.05, 3.63) is 0 Å². The van der Waals surface area contributed by atoms with Gasteiger partial charge in [0.25, 0.3) is 0 Å². The molecule has 0 aliphatic rings. The largest absolute Gasteiger partial charge is 0.726 e. The van der Waals surface area contributed by atoms with Crippen molar-refractivity contribution in [1.29, 1.82) is 0 Å². The van der Waals surface area contributed by atoms with E-state index in [0.29, 0.717) is 4.48 Å². The van der Waals surface area contributed by atoms with Gasteiger partial charge in [-0.1, -0.05) is 0 Å². The number of hydrogen-bond acceptors (Lipinski definition) is 6. The Morgan fingerprint density at radius 3 is 1.71 bits per heavy atom. The summed E-state index contributed by atoms with van der Waals surface area (Å²) in [4.78, 5) is 0. The van der Waals surface area contributed by atoms with E-state index in [1.54, 1.807) is 0 Å². The average Bonchev–Trinajstić information content (AvgIpc) is 2.04. The molecule has 7 nitrogen and oxygen atoms in total. The minimum absolute atomic E-state index is 0.250. The zero-order valence-corrected chi connectivity index (χ0v) is 9.74. The van der Waals surface area contributed by atoms with Crippen LogP contribution in [0.2, 0.25) is 0 Å². The van der Waals surface area contributed by atoms with Crippen molar-refractivity contribution in [1.82, 2.24) is 0 Å². The second-order valence-electron chi connectivity index (χ2n) is 3.16. The third kappa shape index (κ3) is 9.84. The minimum atomic E-state index is -4.41. The molecule has 0 aromatic heterocycles. The van der Waals surface area contributed by atoms with Gasteiger partial charge in [0.1, 0.15) is 0 Å². The van der Waals surface area contributed by atoms with E-state index in [2.05, 4.69) is 11.1 Å². The molecule has 0 aliphatic carbocycles. The fourth-order valence-electron chi connectivity index (χ4n) is 0.211. The van der Waals surface area contributed by atoms with Gasteiger partial charge in [-0.3, -0.25) is 15.7 Å². The molecule has 0 atom stereocenters. The molecule has 4 N–H and O–H groups in total. The van der Waals surface area contributed by atoms with Crippen LogP contribution in [0.25, 0.3) is 0 Å². The maximum absolute atomic E-state index is 9.22. The average molecular weight is 229 g/mol. The van der Waals surface area contributed by atoms with E-state index in [0.717, 1.165) is 13.7 Å². The molecule has 0 fully saturated rings. The van der Waals surface area contributed by atoms with Crippen molar-refractivity contribution >= 4 is 10.4 Å². The number of quaternary nitrogens is 1. The molecule has 0 aromatic rings. The van der Waals surface area contributed by atoms with Crippen molar-refractivity contribution < 1.29 is 21.6 Å². The molecule has 0 radical (unpaired) electrons. The maximum Gasteiger partial charge on any atom is 0.217 e. The molecule has 0 heterocycles. The predicted octanol–water partition coefficient (Wildman–Crippen LogP) is -1.62. The van der Waals surface area contributed by atoms with E-state index in [1.165, 1.54) is 0 Å². The van der Waals surface area contributed by atoms with Crippen LogP contribution in [0.1, 0.15) is 6.92 Å². The summed E-state index contributed by atoms with van der Waals surface area (Å²) in [5.41, 5.74) is 10.9. The molecule has 0 saturated heterocycles. The van der Waals surface area contributed by atoms with Gasteiger partial charge in [0.15, 0.2) is 6.29 Å². The van der Waals surface area contributed by atoms with Gasteiger partial charge in [-0.2, -0.15) is 0 Å². The van der Waals surface area contributed by atoms with Crippen molar-refractivity contribution in [2.45, 2.75) is 13.2 Å². The predicted molar refractivity (Wildman–Crippen MR) is 51.5 cm³/mol. The van der Waals surface area contributed by atoms with Crippen LogP contribution < -0.4 is 11.5 Å². The third-order valence-corrected chi connectivity index (χ3v) is 2.23. The molecular weight excluding hydrogens is 210 g/mol. The lowest BCUT2D eigenvalue weighted by molar-refractivity contribution is -0.912. The van der Waals surface area contributed by atoms with Crippen LogP contribution in [0.3, 0.4) is 0 Å². The highest BCUT2D eigenvalue weighted by atomic mass is 32.3. The molecule has 0 bridgehead atoms. The van der Waals surface area contributed by atoms with Crippen molar-refractivity contribution in [3.63, 3.8) is 0 Å². The summed E-state index contributed by atoms with van der Waals surface area (Å²) in [6, 6.07) is 0. The Kier molecular flexibility index (Phi) is 7.26. The molecular formula is C6H19N3O4S. The van der Waals surface area contributed by atoms with Crippen LogP contribution in [-0.2, 0) is 14.6 Å². The van der Waals surface area contributed by atoms with Gasteiger partial charge in [-0.25, -0.2) is 8.42 Å². The van der Waals surface area contributed by atoms with E-state index in [-0.39, 0.29) is 6.29 Å². The zero-order valence-electron chi connectivity index (χ0n) is 8.93. The second-order valence-corrected chi connectivity index (χ2v) is 4.31. The maximum atomic E-state index is 9.22. The fraction of sp³-hybridized carbons (Fsp3) is 1.00. The van der Waals surface area contributed by atoms with E-state index in [1.807, 2.05) is 14.1 Å². The molecule has 0 unspecified atom stereocenters. The van der Waals surface area contributed by atoms with Crippen LogP contribution in [0.5, 0.6) is 0 Å². The van der Waals surface area contributed by atoms with Gasteiger partial charge < -0.3 is 9.04 Å². The summed E-state index contributed by atoms with van der Waals surface area (Å²) >= 11 is 0. The van der Waals surface area contributed by atoms with Crippen LogP contribution in [-0.4, -0.2) is 51.5 Å². The summed E-state index contributed by atoms with van der Waals surface area (Å²) < 4.78 is 31.7. The molecule has 0 spiro atoms. The Hall–Kier alpha value is -0.250. The first kappa shape index (κ1) is 16.2. The molecule has 0 aliphatic heterocycles. The van der Waals surface area contributed by atoms with Crippen molar-refractivity contribution in [2.75, 3.05) is 27.7 Å². The SMILES string of the molecule is CC[N+](C)(C)C(N)N.COS(=O)(=O)[O-]. The summed E-state index contributed by atoms with van der Waals surface area (Å²) in [6.45, 7) is 3.03. The van der Waals surface area contributed by atoms with Gasteiger partial charge in [-0.05, 0) is 6.92 Å². The van der Waals surface area contributed by atoms with Crippen LogP contribution >= 0.6 is 0 Å². The monoisotopic (exact) mass is 229 g/mol. The van der Waals surface area contributed by atoms with E-state index < -0.39 is 10.4 Å². The quantitative estimate of drug-likeness (QED) is 0.260. The Morgan fingerprint density at radius 1 is 1.43 bits per heavy atom. The van der Waals surface area contributed by atoms with Crippen LogP contribution in [0.4, 0.5) is 0 Å². The molecule has 14 heavy (non-hydrogen) atoms. The van der Waals surface area contributed by atoms with Gasteiger partial charge >= 0.3 is 0 Å². The first-order valence-corrected chi connectivity index (χ1v) is 5.25. The lowest BCUT2D eigenvalue weighted by atomic mass is 10.5. The smallest absolute Gasteiger partial charge is 0.217 e. The fourth-order valence-corrected chi connectivity index (χ4v) is 0.211. The summed E-state index contributed by atoms with van der Waals surface area (Å²) in [5.74, 6) is 0. The topological polar surface area (TPSA) is 118 Å². The Bertz CT molecular complexity index is 237. The third-order valence-electron chi connectivity index (χ3n) is 1.83. The second kappa shape index (κ2) is 6.27. The van der Waals surface area contributed by atoms with E-state index >= 15 is 0 Å². The molecule has 0 amide bonds. The number of nitrogens with two attached hydrogens (primary N) is 2. The summed E-state index contributed by atoms with van der Waals surface area (Å²) in [6.07, 6.45) is -0.250.